The molecule has 164 valence electrons. The second-order valence-electron chi connectivity index (χ2n) is 6.83. The summed E-state index contributed by atoms with van der Waals surface area (Å²) in [6.45, 7) is 0.351. The molecule has 2 aliphatic rings. The number of nitrogens with two attached hydrogens (primary N) is 1. The lowest BCUT2D eigenvalue weighted by Gasteiger charge is -2.19. The van der Waals surface area contributed by atoms with Crippen LogP contribution in [0.3, 0.4) is 0 Å². The van der Waals surface area contributed by atoms with Gasteiger partial charge in [-0.15, -0.1) is 0 Å². The number of halogens is 2. The number of nitrogens with zero attached hydrogens (tertiary/aromatic N) is 3. The number of nitrogens with one attached hydrogen (secondary N) is 1. The van der Waals surface area contributed by atoms with Crippen molar-refractivity contribution in [2.45, 2.75) is 25.2 Å². The molecule has 1 aromatic heterocycles. The molecule has 2 atom stereocenters. The van der Waals surface area contributed by atoms with E-state index >= 15 is 0 Å². The molecular weight excluding hydrogens is 416 g/mol. The van der Waals surface area contributed by atoms with Gasteiger partial charge in [0.1, 0.15) is 30.8 Å². The van der Waals surface area contributed by atoms with Crippen molar-refractivity contribution >= 4 is 23.4 Å². The Bertz CT molecular complexity index is 1050. The van der Waals surface area contributed by atoms with E-state index in [1.165, 1.54) is 7.11 Å². The zero-order chi connectivity index (χ0) is 22.1. The van der Waals surface area contributed by atoms with Gasteiger partial charge in [-0.1, -0.05) is 0 Å². The summed E-state index contributed by atoms with van der Waals surface area (Å²) in [6.07, 6.45) is -2.20. The predicted octanol–water partition coefficient (Wildman–Crippen LogP) is 0.955. The smallest absolute Gasteiger partial charge is 0.284 e. The molecular formula is C19H19F2N5O5. The van der Waals surface area contributed by atoms with Gasteiger partial charge in [-0.25, -0.2) is 18.6 Å². The van der Waals surface area contributed by atoms with E-state index in [9.17, 15) is 18.4 Å². The lowest BCUT2D eigenvalue weighted by Crippen LogP contribution is -2.36. The van der Waals surface area contributed by atoms with Gasteiger partial charge in [0.15, 0.2) is 11.8 Å². The number of primary amides is 1. The SMILES string of the molecule is COC(Nc1ccc2c(c1)OCCn1cc(N3C(=C=O)OC[C@H]3C(F)F)nc1-2)C(N)=O. The number of anilines is 2. The van der Waals surface area contributed by atoms with Crippen LogP contribution in [0.4, 0.5) is 20.3 Å². The molecule has 1 unspecified atom stereocenters. The number of benzene rings is 1. The molecule has 1 saturated heterocycles. The second kappa shape index (κ2) is 8.25. The van der Waals surface area contributed by atoms with Crippen LogP contribution in [-0.4, -0.2) is 60.4 Å². The molecule has 1 fully saturated rings. The lowest BCUT2D eigenvalue weighted by atomic mass is 10.1. The fourth-order valence-corrected chi connectivity index (χ4v) is 3.47. The van der Waals surface area contributed by atoms with Crippen LogP contribution in [0.2, 0.25) is 0 Å². The Morgan fingerprint density at radius 2 is 2.23 bits per heavy atom. The van der Waals surface area contributed by atoms with Crippen molar-refractivity contribution in [3.05, 3.63) is 30.3 Å². The van der Waals surface area contributed by atoms with Crippen LogP contribution in [0.25, 0.3) is 11.4 Å². The first-order valence-electron chi connectivity index (χ1n) is 9.31. The lowest BCUT2D eigenvalue weighted by molar-refractivity contribution is -0.126. The molecule has 1 aromatic carbocycles. The Balaban J connectivity index is 1.70. The van der Waals surface area contributed by atoms with E-state index in [-0.39, 0.29) is 24.9 Å². The van der Waals surface area contributed by atoms with Gasteiger partial charge in [0.05, 0.1) is 12.1 Å². The van der Waals surface area contributed by atoms with Crippen LogP contribution in [0.15, 0.2) is 30.3 Å². The summed E-state index contributed by atoms with van der Waals surface area (Å²) in [5, 5.41) is 2.85. The summed E-state index contributed by atoms with van der Waals surface area (Å²) in [5.41, 5.74) is 6.40. The van der Waals surface area contributed by atoms with Gasteiger partial charge < -0.3 is 29.8 Å². The van der Waals surface area contributed by atoms with E-state index in [2.05, 4.69) is 10.3 Å². The minimum absolute atomic E-state index is 0.152. The maximum Gasteiger partial charge on any atom is 0.284 e. The summed E-state index contributed by atoms with van der Waals surface area (Å²) < 4.78 is 44.5. The number of rotatable bonds is 6. The fraction of sp³-hybridized carbons (Fsp3) is 0.368. The molecule has 0 bridgehead atoms. The summed E-state index contributed by atoms with van der Waals surface area (Å²) in [7, 11) is 1.34. The Morgan fingerprint density at radius 3 is 2.90 bits per heavy atom. The quantitative estimate of drug-likeness (QED) is 0.508. The molecule has 12 heteroatoms. The van der Waals surface area contributed by atoms with Crippen LogP contribution in [-0.2, 0) is 25.6 Å². The Morgan fingerprint density at radius 1 is 1.42 bits per heavy atom. The summed E-state index contributed by atoms with van der Waals surface area (Å²) >= 11 is 0. The van der Waals surface area contributed by atoms with E-state index in [1.54, 1.807) is 34.9 Å². The van der Waals surface area contributed by atoms with Gasteiger partial charge in [0.25, 0.3) is 18.2 Å². The minimum atomic E-state index is -2.74. The molecule has 2 aliphatic heterocycles. The number of carbonyl (C=O) groups excluding carboxylic acids is 2. The maximum absolute atomic E-state index is 13.4. The van der Waals surface area contributed by atoms with E-state index in [4.69, 9.17) is 19.9 Å². The number of hydrogen-bond acceptors (Lipinski definition) is 8. The number of amides is 1. The van der Waals surface area contributed by atoms with Gasteiger partial charge in [-0.2, -0.15) is 0 Å². The van der Waals surface area contributed by atoms with Crippen LogP contribution < -0.4 is 20.7 Å². The average Bonchev–Trinajstić information content (AvgIpc) is 3.32. The Labute approximate surface area is 175 Å². The number of carbonyl (C=O) groups is 1. The van der Waals surface area contributed by atoms with Gasteiger partial charge >= 0.3 is 0 Å². The molecule has 3 N–H and O–H groups in total. The third kappa shape index (κ3) is 3.78. The molecule has 0 radical (unpaired) electrons. The van der Waals surface area contributed by atoms with E-state index < -0.39 is 24.6 Å². The van der Waals surface area contributed by atoms with Crippen molar-refractivity contribution in [1.82, 2.24) is 9.55 Å². The van der Waals surface area contributed by atoms with Crippen molar-refractivity contribution in [3.63, 3.8) is 0 Å². The second-order valence-corrected chi connectivity index (χ2v) is 6.83. The molecule has 4 rings (SSSR count). The maximum atomic E-state index is 13.4. The molecule has 0 spiro atoms. The number of aromatic nitrogens is 2. The first-order valence-corrected chi connectivity index (χ1v) is 9.31. The molecule has 1 amide bonds. The molecule has 0 aliphatic carbocycles. The summed E-state index contributed by atoms with van der Waals surface area (Å²) in [6, 6.07) is 3.71. The van der Waals surface area contributed by atoms with Gasteiger partial charge in [0.2, 0.25) is 6.23 Å². The monoisotopic (exact) mass is 435 g/mol. The van der Waals surface area contributed by atoms with Crippen molar-refractivity contribution in [3.8, 4) is 17.1 Å². The van der Waals surface area contributed by atoms with Crippen LogP contribution >= 0.6 is 0 Å². The molecule has 31 heavy (non-hydrogen) atoms. The topological polar surface area (TPSA) is 121 Å². The normalized spacial score (nSPS) is 18.4. The minimum Gasteiger partial charge on any atom is -0.491 e. The van der Waals surface area contributed by atoms with Crippen molar-refractivity contribution in [2.75, 3.05) is 30.5 Å². The third-order valence-electron chi connectivity index (χ3n) is 4.93. The highest BCUT2D eigenvalue weighted by Crippen LogP contribution is 2.37. The van der Waals surface area contributed by atoms with Crippen LogP contribution in [0.1, 0.15) is 0 Å². The number of imidazole rings is 1. The fourth-order valence-electron chi connectivity index (χ4n) is 3.47. The zero-order valence-corrected chi connectivity index (χ0v) is 16.4. The number of alkyl halides is 2. The van der Waals surface area contributed by atoms with E-state index in [0.717, 1.165) is 4.90 Å². The highest BCUT2D eigenvalue weighted by atomic mass is 19.3. The Kier molecular flexibility index (Phi) is 5.49. The first-order chi connectivity index (χ1) is 14.9. The number of methoxy groups -OCH3 is 1. The number of ether oxygens (including phenoxy) is 3. The van der Waals surface area contributed by atoms with Crippen LogP contribution in [0, 0.1) is 0 Å². The van der Waals surface area contributed by atoms with Crippen molar-refractivity contribution in [1.29, 1.82) is 0 Å². The van der Waals surface area contributed by atoms with Gasteiger partial charge in [-0.05, 0) is 12.1 Å². The molecule has 2 aromatic rings. The highest BCUT2D eigenvalue weighted by Gasteiger charge is 2.40. The van der Waals surface area contributed by atoms with Gasteiger partial charge in [0, 0.05) is 25.1 Å². The van der Waals surface area contributed by atoms with Crippen molar-refractivity contribution < 1.29 is 32.6 Å². The predicted molar refractivity (Wildman–Crippen MR) is 104 cm³/mol. The number of fused-ring (bicyclic) bond motifs is 3. The van der Waals surface area contributed by atoms with Gasteiger partial charge in [-0.3, -0.25) is 9.69 Å². The molecule has 10 nitrogen and oxygen atoms in total. The first kappa shape index (κ1) is 20.6. The zero-order valence-electron chi connectivity index (χ0n) is 16.4. The number of hydrogen-bond donors (Lipinski definition) is 2. The molecule has 0 saturated carbocycles. The van der Waals surface area contributed by atoms with Crippen molar-refractivity contribution in [2.24, 2.45) is 5.73 Å². The summed E-state index contributed by atoms with van der Waals surface area (Å²) in [5.74, 6) is 1.64. The summed E-state index contributed by atoms with van der Waals surface area (Å²) in [4.78, 5) is 28.1. The van der Waals surface area contributed by atoms with Crippen LogP contribution in [0.5, 0.6) is 5.75 Å². The highest BCUT2D eigenvalue weighted by molar-refractivity contribution is 5.82. The Hall–Kier alpha value is -3.63. The average molecular weight is 435 g/mol. The largest absolute Gasteiger partial charge is 0.491 e. The van der Waals surface area contributed by atoms with E-state index in [0.29, 0.717) is 29.4 Å². The third-order valence-corrected chi connectivity index (χ3v) is 4.93. The van der Waals surface area contributed by atoms with E-state index in [1.807, 2.05) is 0 Å². The molecule has 3 heterocycles. The standard InChI is InChI=1S/C19H19F2N5O5/c1-29-19(17(22)28)23-10-2-3-11-13(6-10)30-5-4-25-7-14(24-18(11)25)26-12(16(20)21)9-31-15(26)8-27/h2-3,6-7,12,16,19,23H,4-5,9H2,1H3,(H2,22,28)/t12-,19?/m0/s1.